The van der Waals surface area contributed by atoms with Gasteiger partial charge in [-0.15, -0.1) is 10.2 Å². The van der Waals surface area contributed by atoms with Crippen molar-refractivity contribution in [3.8, 4) is 11.4 Å². The van der Waals surface area contributed by atoms with Gasteiger partial charge < -0.3 is 15.4 Å². The first-order chi connectivity index (χ1) is 17.5. The molecule has 36 heavy (non-hydrogen) atoms. The Labute approximate surface area is 214 Å². The van der Waals surface area contributed by atoms with Gasteiger partial charge in [-0.05, 0) is 67.4 Å². The summed E-state index contributed by atoms with van der Waals surface area (Å²) in [5, 5.41) is 15.0. The minimum absolute atomic E-state index is 0.134. The van der Waals surface area contributed by atoms with E-state index in [1.54, 1.807) is 31.4 Å². The number of carbonyl (C=O) groups is 2. The number of hydrogen-bond donors (Lipinski definition) is 2. The zero-order valence-electron chi connectivity index (χ0n) is 20.3. The van der Waals surface area contributed by atoms with Gasteiger partial charge in [-0.25, -0.2) is 0 Å². The molecule has 4 aromatic rings. The molecule has 0 unspecified atom stereocenters. The van der Waals surface area contributed by atoms with Gasteiger partial charge in [0.2, 0.25) is 5.91 Å². The smallest absolute Gasteiger partial charge is 0.251 e. The Hall–Kier alpha value is -4.11. The second-order valence-electron chi connectivity index (χ2n) is 8.07. The lowest BCUT2D eigenvalue weighted by Gasteiger charge is -2.12. The topological polar surface area (TPSA) is 98.1 Å². The van der Waals surface area contributed by atoms with E-state index >= 15 is 0 Å². The summed E-state index contributed by atoms with van der Waals surface area (Å²) >= 11 is 1.29. The zero-order valence-corrected chi connectivity index (χ0v) is 21.1. The van der Waals surface area contributed by atoms with Crippen LogP contribution < -0.4 is 15.4 Å². The van der Waals surface area contributed by atoms with E-state index in [-0.39, 0.29) is 24.1 Å². The molecule has 0 bridgehead atoms. The average molecular weight is 502 g/mol. The van der Waals surface area contributed by atoms with Gasteiger partial charge >= 0.3 is 0 Å². The van der Waals surface area contributed by atoms with Gasteiger partial charge in [0.25, 0.3) is 5.91 Å². The van der Waals surface area contributed by atoms with Crippen molar-refractivity contribution in [3.05, 3.63) is 95.3 Å². The molecule has 2 amide bonds. The fourth-order valence-electron chi connectivity index (χ4n) is 3.55. The fraction of sp³-hybridized carbons (Fsp3) is 0.185. The fourth-order valence-corrected chi connectivity index (χ4v) is 4.32. The number of benzene rings is 3. The highest BCUT2D eigenvalue weighted by Gasteiger charge is 2.17. The van der Waals surface area contributed by atoms with Gasteiger partial charge in [0, 0.05) is 16.9 Å². The van der Waals surface area contributed by atoms with Crippen LogP contribution in [-0.2, 0) is 11.3 Å². The number of para-hydroxylation sites is 1. The summed E-state index contributed by atoms with van der Waals surface area (Å²) in [4.78, 5) is 25.3. The summed E-state index contributed by atoms with van der Waals surface area (Å²) in [5.74, 6) is 1.03. The first kappa shape index (κ1) is 25.0. The Bertz CT molecular complexity index is 1350. The molecule has 0 aliphatic heterocycles. The molecular weight excluding hydrogens is 474 g/mol. The number of anilines is 1. The number of aryl methyl sites for hydroxylation is 1. The quantitative estimate of drug-likeness (QED) is 0.327. The Morgan fingerprint density at radius 3 is 2.42 bits per heavy atom. The third-order valence-electron chi connectivity index (χ3n) is 5.69. The SMILES string of the molecule is COc1ccc(C(=O)NCc2nnc(SCC(=O)Nc3cccc(C)c3C)n2-c2ccccc2)cc1. The third-order valence-corrected chi connectivity index (χ3v) is 6.61. The minimum Gasteiger partial charge on any atom is -0.497 e. The number of carbonyl (C=O) groups excluding carboxylic acids is 2. The molecule has 0 spiro atoms. The van der Waals surface area contributed by atoms with Crippen LogP contribution in [0.15, 0.2) is 78.0 Å². The van der Waals surface area contributed by atoms with E-state index < -0.39 is 0 Å². The van der Waals surface area contributed by atoms with E-state index in [0.29, 0.717) is 22.3 Å². The van der Waals surface area contributed by atoms with Crippen molar-refractivity contribution >= 4 is 29.3 Å². The third kappa shape index (κ3) is 5.92. The van der Waals surface area contributed by atoms with Crippen molar-refractivity contribution < 1.29 is 14.3 Å². The lowest BCUT2D eigenvalue weighted by Crippen LogP contribution is -2.24. The summed E-state index contributed by atoms with van der Waals surface area (Å²) in [6.45, 7) is 4.16. The number of thioether (sulfide) groups is 1. The van der Waals surface area contributed by atoms with Crippen molar-refractivity contribution in [2.45, 2.75) is 25.5 Å². The van der Waals surface area contributed by atoms with Crippen LogP contribution in [0.5, 0.6) is 5.75 Å². The molecule has 0 fully saturated rings. The molecule has 3 aromatic carbocycles. The molecule has 1 aromatic heterocycles. The number of nitrogens with one attached hydrogen (secondary N) is 2. The van der Waals surface area contributed by atoms with Gasteiger partial charge in [0.05, 0.1) is 19.4 Å². The molecule has 0 aliphatic rings. The number of hydrogen-bond acceptors (Lipinski definition) is 6. The first-order valence-electron chi connectivity index (χ1n) is 11.4. The highest BCUT2D eigenvalue weighted by molar-refractivity contribution is 7.99. The Morgan fingerprint density at radius 1 is 0.944 bits per heavy atom. The summed E-state index contributed by atoms with van der Waals surface area (Å²) in [6.07, 6.45) is 0. The molecule has 4 rings (SSSR count). The van der Waals surface area contributed by atoms with Crippen molar-refractivity contribution in [2.24, 2.45) is 0 Å². The molecule has 8 nitrogen and oxygen atoms in total. The Balaban J connectivity index is 1.47. The van der Waals surface area contributed by atoms with E-state index in [0.717, 1.165) is 22.5 Å². The summed E-state index contributed by atoms with van der Waals surface area (Å²) < 4.78 is 7.00. The van der Waals surface area contributed by atoms with Gasteiger partial charge in [0.1, 0.15) is 5.75 Å². The van der Waals surface area contributed by atoms with E-state index in [1.165, 1.54) is 11.8 Å². The lowest BCUT2D eigenvalue weighted by molar-refractivity contribution is -0.113. The van der Waals surface area contributed by atoms with Crippen LogP contribution in [0, 0.1) is 13.8 Å². The normalized spacial score (nSPS) is 10.6. The monoisotopic (exact) mass is 501 g/mol. The summed E-state index contributed by atoms with van der Waals surface area (Å²) in [7, 11) is 1.58. The maximum absolute atomic E-state index is 12.7. The zero-order chi connectivity index (χ0) is 25.5. The summed E-state index contributed by atoms with van der Waals surface area (Å²) in [5.41, 5.74) is 4.31. The van der Waals surface area contributed by atoms with Gasteiger partial charge in [0.15, 0.2) is 11.0 Å². The van der Waals surface area contributed by atoms with Crippen molar-refractivity contribution in [2.75, 3.05) is 18.2 Å². The molecule has 0 atom stereocenters. The number of methoxy groups -OCH3 is 1. The highest BCUT2D eigenvalue weighted by atomic mass is 32.2. The molecule has 9 heteroatoms. The summed E-state index contributed by atoms with van der Waals surface area (Å²) in [6, 6.07) is 22.3. The van der Waals surface area contributed by atoms with Crippen molar-refractivity contribution in [1.82, 2.24) is 20.1 Å². The molecule has 184 valence electrons. The van der Waals surface area contributed by atoms with Crippen LogP contribution in [0.2, 0.25) is 0 Å². The predicted molar refractivity (Wildman–Crippen MR) is 141 cm³/mol. The second kappa shape index (κ2) is 11.5. The number of nitrogens with zero attached hydrogens (tertiary/aromatic N) is 3. The van der Waals surface area contributed by atoms with Crippen LogP contribution in [0.25, 0.3) is 5.69 Å². The van der Waals surface area contributed by atoms with E-state index in [4.69, 9.17) is 4.74 Å². The van der Waals surface area contributed by atoms with Gasteiger partial charge in [-0.3, -0.25) is 14.2 Å². The number of aromatic nitrogens is 3. The largest absolute Gasteiger partial charge is 0.497 e. The van der Waals surface area contributed by atoms with E-state index in [9.17, 15) is 9.59 Å². The molecular formula is C27H27N5O3S. The van der Waals surface area contributed by atoms with Gasteiger partial charge in [-0.1, -0.05) is 42.1 Å². The van der Waals surface area contributed by atoms with E-state index in [1.807, 2.05) is 66.9 Å². The number of rotatable bonds is 9. The predicted octanol–water partition coefficient (Wildman–Crippen LogP) is 4.55. The van der Waals surface area contributed by atoms with Crippen molar-refractivity contribution in [3.63, 3.8) is 0 Å². The van der Waals surface area contributed by atoms with Crippen LogP contribution in [0.3, 0.4) is 0 Å². The van der Waals surface area contributed by atoms with Crippen LogP contribution >= 0.6 is 11.8 Å². The molecule has 0 saturated heterocycles. The Morgan fingerprint density at radius 2 is 1.69 bits per heavy atom. The molecule has 0 aliphatic carbocycles. The maximum Gasteiger partial charge on any atom is 0.251 e. The minimum atomic E-state index is -0.234. The van der Waals surface area contributed by atoms with Crippen LogP contribution in [0.1, 0.15) is 27.3 Å². The Kier molecular flexibility index (Phi) is 8.02. The van der Waals surface area contributed by atoms with Crippen LogP contribution in [-0.4, -0.2) is 39.4 Å². The molecule has 2 N–H and O–H groups in total. The first-order valence-corrected chi connectivity index (χ1v) is 12.4. The second-order valence-corrected chi connectivity index (χ2v) is 9.01. The number of ether oxygens (including phenoxy) is 1. The maximum atomic E-state index is 12.7. The molecule has 0 radical (unpaired) electrons. The van der Waals surface area contributed by atoms with Crippen molar-refractivity contribution in [1.29, 1.82) is 0 Å². The number of amides is 2. The average Bonchev–Trinajstić information content (AvgIpc) is 3.32. The van der Waals surface area contributed by atoms with Gasteiger partial charge in [-0.2, -0.15) is 0 Å². The standard InChI is InChI=1S/C27H27N5O3S/c1-18-8-7-11-23(19(18)2)29-25(33)17-36-27-31-30-24(32(27)21-9-5-4-6-10-21)16-28-26(34)20-12-14-22(35-3)15-13-20/h4-15H,16-17H2,1-3H3,(H,28,34)(H,29,33). The van der Waals surface area contributed by atoms with E-state index in [2.05, 4.69) is 20.8 Å². The lowest BCUT2D eigenvalue weighted by atomic mass is 10.1. The highest BCUT2D eigenvalue weighted by Crippen LogP contribution is 2.23. The van der Waals surface area contributed by atoms with Crippen LogP contribution in [0.4, 0.5) is 5.69 Å². The molecule has 1 heterocycles. The molecule has 0 saturated carbocycles.